The zero-order valence-electron chi connectivity index (χ0n) is 11.7. The lowest BCUT2D eigenvalue weighted by Crippen LogP contribution is -2.00. The molecule has 0 unspecified atom stereocenters. The number of carboxylic acids is 1. The van der Waals surface area contributed by atoms with Crippen LogP contribution in [-0.4, -0.2) is 26.2 Å². The van der Waals surface area contributed by atoms with Crippen LogP contribution in [0.15, 0.2) is 42.4 Å². The molecule has 0 amide bonds. The summed E-state index contributed by atoms with van der Waals surface area (Å²) in [6.07, 6.45) is 6.21. The molecule has 5 heteroatoms. The molecule has 0 atom stereocenters. The maximum absolute atomic E-state index is 10.5. The lowest BCUT2D eigenvalue weighted by atomic mass is 10.1. The highest BCUT2D eigenvalue weighted by atomic mass is 16.4. The fourth-order valence-electron chi connectivity index (χ4n) is 1.91. The van der Waals surface area contributed by atoms with Gasteiger partial charge >= 0.3 is 5.97 Å². The summed E-state index contributed by atoms with van der Waals surface area (Å²) in [5.41, 5.74) is 3.67. The molecule has 5 nitrogen and oxygen atoms in total. The van der Waals surface area contributed by atoms with Gasteiger partial charge in [-0.25, -0.2) is 4.79 Å². The molecule has 0 aliphatic heterocycles. The number of rotatable bonds is 5. The van der Waals surface area contributed by atoms with Crippen molar-refractivity contribution in [3.05, 3.63) is 64.9 Å². The SMILES string of the molecule is Cc1cccnc1CCc1ccc(/C=C(\O)C(=O)O)nc1. The quantitative estimate of drug-likeness (QED) is 0.651. The zero-order valence-corrected chi connectivity index (χ0v) is 11.7. The Morgan fingerprint density at radius 3 is 2.62 bits per heavy atom. The summed E-state index contributed by atoms with van der Waals surface area (Å²) in [7, 11) is 0. The molecule has 0 saturated heterocycles. The molecule has 2 aromatic heterocycles. The van der Waals surface area contributed by atoms with Gasteiger partial charge in [-0.3, -0.25) is 9.97 Å². The van der Waals surface area contributed by atoms with Crippen LogP contribution < -0.4 is 0 Å². The van der Waals surface area contributed by atoms with Crippen molar-refractivity contribution in [1.82, 2.24) is 9.97 Å². The van der Waals surface area contributed by atoms with Gasteiger partial charge in [0.15, 0.2) is 0 Å². The first-order chi connectivity index (χ1) is 10.1. The maximum atomic E-state index is 10.5. The Hall–Kier alpha value is -2.69. The molecular formula is C16H16N2O3. The molecule has 0 aliphatic rings. The minimum atomic E-state index is -1.37. The smallest absolute Gasteiger partial charge is 0.371 e. The van der Waals surface area contributed by atoms with E-state index in [1.54, 1.807) is 18.5 Å². The number of hydrogen-bond acceptors (Lipinski definition) is 4. The van der Waals surface area contributed by atoms with Crippen molar-refractivity contribution in [3.63, 3.8) is 0 Å². The highest BCUT2D eigenvalue weighted by Gasteiger charge is 2.05. The fraction of sp³-hybridized carbons (Fsp3) is 0.188. The number of aliphatic carboxylic acids is 1. The second-order valence-corrected chi connectivity index (χ2v) is 4.69. The molecule has 0 aliphatic carbocycles. The second-order valence-electron chi connectivity index (χ2n) is 4.69. The first-order valence-corrected chi connectivity index (χ1v) is 6.55. The van der Waals surface area contributed by atoms with Crippen LogP contribution in [0.25, 0.3) is 6.08 Å². The Morgan fingerprint density at radius 2 is 2.00 bits per heavy atom. The van der Waals surface area contributed by atoms with Crippen LogP contribution in [-0.2, 0) is 17.6 Å². The Kier molecular flexibility index (Phi) is 4.66. The first-order valence-electron chi connectivity index (χ1n) is 6.55. The highest BCUT2D eigenvalue weighted by molar-refractivity contribution is 5.88. The van der Waals surface area contributed by atoms with Crippen LogP contribution in [0.5, 0.6) is 0 Å². The number of aromatic nitrogens is 2. The van der Waals surface area contributed by atoms with Gasteiger partial charge in [0.05, 0.1) is 5.69 Å². The van der Waals surface area contributed by atoms with Gasteiger partial charge in [0.1, 0.15) is 0 Å². The van der Waals surface area contributed by atoms with E-state index in [0.717, 1.165) is 35.7 Å². The van der Waals surface area contributed by atoms with E-state index < -0.39 is 11.7 Å². The molecule has 0 aromatic carbocycles. The summed E-state index contributed by atoms with van der Waals surface area (Å²) >= 11 is 0. The summed E-state index contributed by atoms with van der Waals surface area (Å²) in [6.45, 7) is 2.03. The number of pyridine rings is 2. The van der Waals surface area contributed by atoms with E-state index in [2.05, 4.69) is 9.97 Å². The van der Waals surface area contributed by atoms with Gasteiger partial charge in [-0.1, -0.05) is 12.1 Å². The molecule has 0 saturated carbocycles. The van der Waals surface area contributed by atoms with Crippen LogP contribution in [0.3, 0.4) is 0 Å². The largest absolute Gasteiger partial charge is 0.502 e. The molecule has 2 heterocycles. The number of nitrogens with zero attached hydrogens (tertiary/aromatic N) is 2. The Labute approximate surface area is 122 Å². The number of hydrogen-bond donors (Lipinski definition) is 2. The minimum Gasteiger partial charge on any atom is -0.502 e. The molecule has 0 bridgehead atoms. The van der Waals surface area contributed by atoms with Crippen LogP contribution in [0.2, 0.25) is 0 Å². The number of carboxylic acid groups (broad SMARTS) is 1. The van der Waals surface area contributed by atoms with Gasteiger partial charge < -0.3 is 10.2 Å². The molecule has 2 aromatic rings. The van der Waals surface area contributed by atoms with Crippen LogP contribution >= 0.6 is 0 Å². The average Bonchev–Trinajstić information content (AvgIpc) is 2.48. The summed E-state index contributed by atoms with van der Waals surface area (Å²) in [6, 6.07) is 7.49. The van der Waals surface area contributed by atoms with E-state index >= 15 is 0 Å². The Morgan fingerprint density at radius 1 is 1.19 bits per heavy atom. The Balaban J connectivity index is 2.02. The van der Waals surface area contributed by atoms with Crippen molar-refractivity contribution in [2.24, 2.45) is 0 Å². The number of aryl methyl sites for hydroxylation is 3. The minimum absolute atomic E-state index is 0.410. The maximum Gasteiger partial charge on any atom is 0.371 e. The number of aliphatic hydroxyl groups excluding tert-OH is 1. The summed E-state index contributed by atoms with van der Waals surface area (Å²) in [5, 5.41) is 17.7. The Bertz CT molecular complexity index is 663. The molecule has 2 N–H and O–H groups in total. The lowest BCUT2D eigenvalue weighted by molar-refractivity contribution is -0.135. The molecule has 2 rings (SSSR count). The predicted octanol–water partition coefficient (Wildman–Crippen LogP) is 2.55. The number of carbonyl (C=O) groups is 1. The van der Waals surface area contributed by atoms with E-state index in [-0.39, 0.29) is 0 Å². The molecule has 0 radical (unpaired) electrons. The van der Waals surface area contributed by atoms with Crippen LogP contribution in [0.4, 0.5) is 0 Å². The van der Waals surface area contributed by atoms with E-state index in [1.165, 1.54) is 0 Å². The second kappa shape index (κ2) is 6.65. The summed E-state index contributed by atoms with van der Waals surface area (Å²) < 4.78 is 0. The van der Waals surface area contributed by atoms with Crippen molar-refractivity contribution in [3.8, 4) is 0 Å². The first kappa shape index (κ1) is 14.7. The normalized spacial score (nSPS) is 11.4. The monoisotopic (exact) mass is 284 g/mol. The van der Waals surface area contributed by atoms with Crippen molar-refractivity contribution < 1.29 is 15.0 Å². The van der Waals surface area contributed by atoms with E-state index in [0.29, 0.717) is 5.69 Å². The van der Waals surface area contributed by atoms with Crippen molar-refractivity contribution >= 4 is 12.0 Å². The summed E-state index contributed by atoms with van der Waals surface area (Å²) in [5.74, 6) is -2.09. The van der Waals surface area contributed by atoms with Crippen molar-refractivity contribution in [2.75, 3.05) is 0 Å². The van der Waals surface area contributed by atoms with Crippen LogP contribution in [0, 0.1) is 6.92 Å². The molecular weight excluding hydrogens is 268 g/mol. The molecule has 21 heavy (non-hydrogen) atoms. The third-order valence-electron chi connectivity index (χ3n) is 3.12. The van der Waals surface area contributed by atoms with Gasteiger partial charge in [0.25, 0.3) is 0 Å². The topological polar surface area (TPSA) is 83.3 Å². The van der Waals surface area contributed by atoms with Crippen molar-refractivity contribution in [1.29, 1.82) is 0 Å². The van der Waals surface area contributed by atoms with Gasteiger partial charge in [-0.2, -0.15) is 0 Å². The van der Waals surface area contributed by atoms with E-state index in [4.69, 9.17) is 10.2 Å². The zero-order chi connectivity index (χ0) is 15.2. The molecule has 0 spiro atoms. The highest BCUT2D eigenvalue weighted by Crippen LogP contribution is 2.10. The fourth-order valence-corrected chi connectivity index (χ4v) is 1.91. The standard InChI is InChI=1S/C16H16N2O3/c1-11-3-2-8-17-14(11)7-5-12-4-6-13(18-10-12)9-15(19)16(20)21/h2-4,6,8-10,19H,5,7H2,1H3,(H,20,21)/b15-9-. The number of aliphatic hydroxyl groups is 1. The predicted molar refractivity (Wildman–Crippen MR) is 78.9 cm³/mol. The molecule has 0 fully saturated rings. The summed E-state index contributed by atoms with van der Waals surface area (Å²) in [4.78, 5) is 19.0. The van der Waals surface area contributed by atoms with Crippen molar-refractivity contribution in [2.45, 2.75) is 19.8 Å². The van der Waals surface area contributed by atoms with Gasteiger partial charge in [-0.05, 0) is 43.0 Å². The average molecular weight is 284 g/mol. The van der Waals surface area contributed by atoms with Gasteiger partial charge in [0, 0.05) is 24.2 Å². The van der Waals surface area contributed by atoms with E-state index in [1.807, 2.05) is 25.1 Å². The molecule has 108 valence electrons. The third-order valence-corrected chi connectivity index (χ3v) is 3.12. The lowest BCUT2D eigenvalue weighted by Gasteiger charge is -2.04. The van der Waals surface area contributed by atoms with Gasteiger partial charge in [-0.15, -0.1) is 0 Å². The van der Waals surface area contributed by atoms with Gasteiger partial charge in [0.2, 0.25) is 5.76 Å². The third kappa shape index (κ3) is 4.14. The van der Waals surface area contributed by atoms with Crippen LogP contribution in [0.1, 0.15) is 22.5 Å². The van der Waals surface area contributed by atoms with E-state index in [9.17, 15) is 4.79 Å².